The van der Waals surface area contributed by atoms with E-state index in [2.05, 4.69) is 17.4 Å². The van der Waals surface area contributed by atoms with Gasteiger partial charge in [-0.15, -0.1) is 11.8 Å². The van der Waals surface area contributed by atoms with E-state index in [1.54, 1.807) is 18.0 Å². The van der Waals surface area contributed by atoms with E-state index in [0.717, 1.165) is 17.3 Å². The molecule has 0 amide bonds. The highest BCUT2D eigenvalue weighted by Gasteiger charge is 2.15. The molecule has 0 aliphatic carbocycles. The minimum Gasteiger partial charge on any atom is -0.494 e. The van der Waals surface area contributed by atoms with Gasteiger partial charge in [-0.05, 0) is 33.0 Å². The van der Waals surface area contributed by atoms with E-state index in [-0.39, 0.29) is 6.04 Å². The first-order valence-corrected chi connectivity index (χ1v) is 7.80. The van der Waals surface area contributed by atoms with Gasteiger partial charge in [-0.2, -0.15) is 0 Å². The van der Waals surface area contributed by atoms with Crippen LogP contribution < -0.4 is 10.1 Å². The molecule has 0 spiro atoms. The minimum absolute atomic E-state index is 0.247. The van der Waals surface area contributed by atoms with Crippen molar-refractivity contribution in [1.29, 1.82) is 0 Å². The molecule has 3 nitrogen and oxygen atoms in total. The predicted molar refractivity (Wildman–Crippen MR) is 83.6 cm³/mol. The molecule has 108 valence electrons. The van der Waals surface area contributed by atoms with Gasteiger partial charge in [0.05, 0.1) is 12.9 Å². The van der Waals surface area contributed by atoms with Crippen molar-refractivity contribution in [2.24, 2.45) is 0 Å². The number of aryl methyl sites for hydroxylation is 1. The maximum Gasteiger partial charge on any atom is 0.124 e. The van der Waals surface area contributed by atoms with Crippen LogP contribution in [0.3, 0.4) is 0 Å². The summed E-state index contributed by atoms with van der Waals surface area (Å²) in [6.45, 7) is 4.68. The van der Waals surface area contributed by atoms with E-state index in [4.69, 9.17) is 9.15 Å². The molecule has 1 heterocycles. The van der Waals surface area contributed by atoms with Crippen molar-refractivity contribution < 1.29 is 9.15 Å². The molecule has 0 bridgehead atoms. The Bertz CT molecular complexity index is 539. The molecule has 0 fully saturated rings. The summed E-state index contributed by atoms with van der Waals surface area (Å²) in [6, 6.07) is 10.5. The molecule has 1 atom stereocenters. The Morgan fingerprint density at radius 3 is 2.75 bits per heavy atom. The van der Waals surface area contributed by atoms with Crippen molar-refractivity contribution >= 4 is 11.8 Å². The lowest BCUT2D eigenvalue weighted by atomic mass is 10.1. The molecule has 0 saturated carbocycles. The Morgan fingerprint density at radius 1 is 1.30 bits per heavy atom. The Balaban J connectivity index is 2.10. The lowest BCUT2D eigenvalue weighted by molar-refractivity contribution is 0.333. The number of rotatable bonds is 7. The van der Waals surface area contributed by atoms with E-state index in [1.165, 1.54) is 10.5 Å². The van der Waals surface area contributed by atoms with Crippen LogP contribution in [0.1, 0.15) is 24.3 Å². The van der Waals surface area contributed by atoms with Crippen LogP contribution in [-0.4, -0.2) is 19.4 Å². The summed E-state index contributed by atoms with van der Waals surface area (Å²) in [5.41, 5.74) is 1.20. The second-order valence-corrected chi connectivity index (χ2v) is 5.53. The van der Waals surface area contributed by atoms with Crippen molar-refractivity contribution in [2.75, 3.05) is 19.4 Å². The van der Waals surface area contributed by atoms with Gasteiger partial charge in [-0.3, -0.25) is 0 Å². The first-order valence-electron chi connectivity index (χ1n) is 6.82. The maximum absolute atomic E-state index is 5.71. The van der Waals surface area contributed by atoms with E-state index in [1.807, 2.05) is 39.1 Å². The zero-order chi connectivity index (χ0) is 14.4. The van der Waals surface area contributed by atoms with Gasteiger partial charge in [0.1, 0.15) is 11.5 Å². The third-order valence-corrected chi connectivity index (χ3v) is 4.39. The number of hydrogen-bond acceptors (Lipinski definition) is 4. The zero-order valence-corrected chi connectivity index (χ0v) is 13.0. The lowest BCUT2D eigenvalue weighted by Crippen LogP contribution is -2.19. The lowest BCUT2D eigenvalue weighted by Gasteiger charge is -2.19. The summed E-state index contributed by atoms with van der Waals surface area (Å²) >= 11 is 1.80. The standard InChI is InChI=1S/C16H21NO2S/c1-4-18-15-8-6-5-7-13(15)14(17-3)11-20-16-9-10-19-12(16)2/h5-10,14,17H,4,11H2,1-3H3. The van der Waals surface area contributed by atoms with Crippen molar-refractivity contribution in [3.63, 3.8) is 0 Å². The summed E-state index contributed by atoms with van der Waals surface area (Å²) in [5, 5.41) is 3.37. The van der Waals surface area contributed by atoms with Crippen LogP contribution in [0.25, 0.3) is 0 Å². The summed E-state index contributed by atoms with van der Waals surface area (Å²) in [7, 11) is 1.98. The van der Waals surface area contributed by atoms with Crippen molar-refractivity contribution in [2.45, 2.75) is 24.8 Å². The average Bonchev–Trinajstić information content (AvgIpc) is 2.87. The first kappa shape index (κ1) is 15.0. The number of nitrogens with one attached hydrogen (secondary N) is 1. The number of hydrogen-bond donors (Lipinski definition) is 1. The maximum atomic E-state index is 5.71. The van der Waals surface area contributed by atoms with Crippen LogP contribution >= 0.6 is 11.8 Å². The molecule has 0 saturated heterocycles. The average molecular weight is 291 g/mol. The smallest absolute Gasteiger partial charge is 0.124 e. The topological polar surface area (TPSA) is 34.4 Å². The Labute approximate surface area is 124 Å². The predicted octanol–water partition coefficient (Wildman–Crippen LogP) is 4.04. The molecule has 1 aromatic heterocycles. The van der Waals surface area contributed by atoms with E-state index >= 15 is 0 Å². The Kier molecular flexibility index (Phi) is 5.56. The molecule has 2 rings (SSSR count). The van der Waals surface area contributed by atoms with Gasteiger partial charge in [-0.1, -0.05) is 18.2 Å². The number of furan rings is 1. The van der Waals surface area contributed by atoms with E-state index < -0.39 is 0 Å². The highest BCUT2D eigenvalue weighted by Crippen LogP contribution is 2.31. The molecular weight excluding hydrogens is 270 g/mol. The Hall–Kier alpha value is -1.39. The molecule has 1 unspecified atom stereocenters. The number of para-hydroxylation sites is 1. The summed E-state index contributed by atoms with van der Waals surface area (Å²) in [4.78, 5) is 1.19. The van der Waals surface area contributed by atoms with Crippen LogP contribution in [0.15, 0.2) is 45.9 Å². The van der Waals surface area contributed by atoms with Gasteiger partial charge in [-0.25, -0.2) is 0 Å². The summed E-state index contributed by atoms with van der Waals surface area (Å²) in [6.07, 6.45) is 1.74. The highest BCUT2D eigenvalue weighted by atomic mass is 32.2. The van der Waals surface area contributed by atoms with Gasteiger partial charge in [0.25, 0.3) is 0 Å². The second kappa shape index (κ2) is 7.41. The fourth-order valence-electron chi connectivity index (χ4n) is 2.08. The van der Waals surface area contributed by atoms with Gasteiger partial charge < -0.3 is 14.5 Å². The van der Waals surface area contributed by atoms with Gasteiger partial charge in [0, 0.05) is 22.3 Å². The normalized spacial score (nSPS) is 12.3. The molecule has 0 aliphatic rings. The third-order valence-electron chi connectivity index (χ3n) is 3.16. The summed E-state index contributed by atoms with van der Waals surface area (Å²) < 4.78 is 11.0. The molecule has 2 aromatic rings. The SMILES string of the molecule is CCOc1ccccc1C(CSc1ccoc1C)NC. The van der Waals surface area contributed by atoms with Crippen LogP contribution in [0.4, 0.5) is 0 Å². The van der Waals surface area contributed by atoms with Crippen LogP contribution in [0.5, 0.6) is 5.75 Å². The van der Waals surface area contributed by atoms with E-state index in [9.17, 15) is 0 Å². The van der Waals surface area contributed by atoms with Crippen molar-refractivity contribution in [3.8, 4) is 5.75 Å². The van der Waals surface area contributed by atoms with Gasteiger partial charge in [0.15, 0.2) is 0 Å². The largest absolute Gasteiger partial charge is 0.494 e. The van der Waals surface area contributed by atoms with Crippen LogP contribution in [0.2, 0.25) is 0 Å². The molecule has 20 heavy (non-hydrogen) atoms. The third kappa shape index (κ3) is 3.58. The molecule has 0 aliphatic heterocycles. The highest BCUT2D eigenvalue weighted by molar-refractivity contribution is 7.99. The van der Waals surface area contributed by atoms with Gasteiger partial charge >= 0.3 is 0 Å². The number of ether oxygens (including phenoxy) is 1. The van der Waals surface area contributed by atoms with E-state index in [0.29, 0.717) is 6.61 Å². The summed E-state index contributed by atoms with van der Waals surface area (Å²) in [5.74, 6) is 2.86. The fraction of sp³-hybridized carbons (Fsp3) is 0.375. The molecule has 0 radical (unpaired) electrons. The molecular formula is C16H21NO2S. The minimum atomic E-state index is 0.247. The van der Waals surface area contributed by atoms with Crippen molar-refractivity contribution in [3.05, 3.63) is 47.9 Å². The zero-order valence-electron chi connectivity index (χ0n) is 12.2. The second-order valence-electron chi connectivity index (χ2n) is 4.46. The van der Waals surface area contributed by atoms with Gasteiger partial charge in [0.2, 0.25) is 0 Å². The first-order chi connectivity index (χ1) is 9.76. The van der Waals surface area contributed by atoms with Crippen molar-refractivity contribution in [1.82, 2.24) is 5.32 Å². The number of thioether (sulfide) groups is 1. The quantitative estimate of drug-likeness (QED) is 0.781. The van der Waals surface area contributed by atoms with Crippen LogP contribution in [-0.2, 0) is 0 Å². The molecule has 1 aromatic carbocycles. The number of benzene rings is 1. The fourth-order valence-corrected chi connectivity index (χ4v) is 3.18. The van der Waals surface area contributed by atoms with Crippen LogP contribution in [0, 0.1) is 6.92 Å². The monoisotopic (exact) mass is 291 g/mol. The Morgan fingerprint density at radius 2 is 2.10 bits per heavy atom. The molecule has 4 heteroatoms. The molecule has 1 N–H and O–H groups in total.